The van der Waals surface area contributed by atoms with E-state index in [0.29, 0.717) is 8.95 Å². The highest BCUT2D eigenvalue weighted by molar-refractivity contribution is 9.11. The van der Waals surface area contributed by atoms with E-state index in [1.165, 1.54) is 6.07 Å². The molecule has 0 bridgehead atoms. The minimum Gasteiger partial charge on any atom is -0.369 e. The summed E-state index contributed by atoms with van der Waals surface area (Å²) >= 11 is 6.44. The normalized spacial score (nSPS) is 12.1. The molecule has 0 aliphatic rings. The Labute approximate surface area is 129 Å². The molecule has 19 heavy (non-hydrogen) atoms. The summed E-state index contributed by atoms with van der Waals surface area (Å²) in [5.74, 6) is -0.691. The van der Waals surface area contributed by atoms with Gasteiger partial charge in [0.15, 0.2) is 0 Å². The number of hydrogen-bond donors (Lipinski definition) is 1. The fourth-order valence-corrected chi connectivity index (χ4v) is 4.57. The molecule has 0 aromatic heterocycles. The molecule has 0 spiro atoms. The Bertz CT molecular complexity index is 588. The van der Waals surface area contributed by atoms with Gasteiger partial charge >= 0.3 is 0 Å². The van der Waals surface area contributed by atoms with E-state index in [-0.39, 0.29) is 17.5 Å². The molecule has 1 aromatic carbocycles. The van der Waals surface area contributed by atoms with Gasteiger partial charge in [-0.3, -0.25) is 4.79 Å². The van der Waals surface area contributed by atoms with Crippen LogP contribution in [0.3, 0.4) is 0 Å². The summed E-state index contributed by atoms with van der Waals surface area (Å²) in [6.07, 6.45) is 0. The van der Waals surface area contributed by atoms with Gasteiger partial charge in [0.05, 0.1) is 11.4 Å². The predicted molar refractivity (Wildman–Crippen MR) is 80.1 cm³/mol. The van der Waals surface area contributed by atoms with Crippen LogP contribution in [0.5, 0.6) is 0 Å². The fraction of sp³-hybridized carbons (Fsp3) is 0.364. The summed E-state index contributed by atoms with van der Waals surface area (Å²) in [6, 6.07) is 4.45. The quantitative estimate of drug-likeness (QED) is 0.802. The molecular formula is C11H14Br2N2O3S. The largest absolute Gasteiger partial charge is 0.369 e. The number of amides is 1. The van der Waals surface area contributed by atoms with Crippen molar-refractivity contribution in [2.24, 2.45) is 5.73 Å². The number of hydrogen-bond acceptors (Lipinski definition) is 3. The maximum absolute atomic E-state index is 12.5. The number of benzene rings is 1. The van der Waals surface area contributed by atoms with Crippen molar-refractivity contribution < 1.29 is 13.2 Å². The van der Waals surface area contributed by atoms with Gasteiger partial charge in [-0.1, -0.05) is 15.9 Å². The zero-order valence-corrected chi connectivity index (χ0v) is 14.4. The molecule has 2 N–H and O–H groups in total. The molecule has 0 saturated heterocycles. The van der Waals surface area contributed by atoms with Crippen LogP contribution < -0.4 is 5.73 Å². The first-order valence-corrected chi connectivity index (χ1v) is 8.44. The van der Waals surface area contributed by atoms with Crippen LogP contribution >= 0.6 is 31.9 Å². The molecule has 0 aliphatic heterocycles. The molecule has 0 unspecified atom stereocenters. The molecule has 0 heterocycles. The van der Waals surface area contributed by atoms with Gasteiger partial charge in [-0.2, -0.15) is 4.31 Å². The van der Waals surface area contributed by atoms with E-state index >= 15 is 0 Å². The maximum atomic E-state index is 12.5. The van der Waals surface area contributed by atoms with E-state index < -0.39 is 15.9 Å². The second-order valence-electron chi connectivity index (χ2n) is 4.19. The van der Waals surface area contributed by atoms with Gasteiger partial charge < -0.3 is 5.73 Å². The van der Waals surface area contributed by atoms with Crippen LogP contribution in [0.15, 0.2) is 32.0 Å². The van der Waals surface area contributed by atoms with Crippen molar-refractivity contribution in [1.29, 1.82) is 0 Å². The zero-order chi connectivity index (χ0) is 14.8. The van der Waals surface area contributed by atoms with Gasteiger partial charge in [-0.05, 0) is 48.0 Å². The smallest absolute Gasteiger partial charge is 0.244 e. The SMILES string of the molecule is CC(C)N(CC(N)=O)S(=O)(=O)c1cc(Br)ccc1Br. The minimum absolute atomic E-state index is 0.0943. The average Bonchev–Trinajstić information content (AvgIpc) is 2.28. The van der Waals surface area contributed by atoms with Crippen LogP contribution in [0.4, 0.5) is 0 Å². The molecule has 1 aromatic rings. The fourth-order valence-electron chi connectivity index (χ4n) is 1.50. The Morgan fingerprint density at radius 1 is 1.37 bits per heavy atom. The van der Waals surface area contributed by atoms with Crippen LogP contribution in [0.25, 0.3) is 0 Å². The van der Waals surface area contributed by atoms with Gasteiger partial charge in [0.2, 0.25) is 15.9 Å². The number of halogens is 2. The molecule has 5 nitrogen and oxygen atoms in total. The summed E-state index contributed by atoms with van der Waals surface area (Å²) < 4.78 is 27.2. The lowest BCUT2D eigenvalue weighted by Gasteiger charge is -2.25. The van der Waals surface area contributed by atoms with E-state index in [1.807, 2.05) is 0 Å². The van der Waals surface area contributed by atoms with E-state index in [2.05, 4.69) is 31.9 Å². The van der Waals surface area contributed by atoms with Crippen LogP contribution in [0.1, 0.15) is 13.8 Å². The highest BCUT2D eigenvalue weighted by atomic mass is 79.9. The van der Waals surface area contributed by atoms with Crippen molar-refractivity contribution in [3.8, 4) is 0 Å². The molecule has 0 radical (unpaired) electrons. The topological polar surface area (TPSA) is 80.5 Å². The average molecular weight is 414 g/mol. The minimum atomic E-state index is -3.79. The molecule has 0 atom stereocenters. The van der Waals surface area contributed by atoms with Crippen molar-refractivity contribution in [3.05, 3.63) is 27.1 Å². The number of carbonyl (C=O) groups excluding carboxylic acids is 1. The van der Waals surface area contributed by atoms with Crippen LogP contribution in [-0.4, -0.2) is 31.2 Å². The Kier molecular flexibility index (Phi) is 5.54. The molecular weight excluding hydrogens is 400 g/mol. The number of nitrogens with zero attached hydrogens (tertiary/aromatic N) is 1. The van der Waals surface area contributed by atoms with Crippen molar-refractivity contribution >= 4 is 47.8 Å². The van der Waals surface area contributed by atoms with Gasteiger partial charge in [0, 0.05) is 15.0 Å². The second kappa shape index (κ2) is 6.34. The van der Waals surface area contributed by atoms with E-state index in [9.17, 15) is 13.2 Å². The molecule has 0 saturated carbocycles. The summed E-state index contributed by atoms with van der Waals surface area (Å²) in [6.45, 7) is 3.03. The molecule has 8 heteroatoms. The highest BCUT2D eigenvalue weighted by Crippen LogP contribution is 2.29. The number of sulfonamides is 1. The third kappa shape index (κ3) is 4.01. The summed E-state index contributed by atoms with van der Waals surface area (Å²) in [7, 11) is -3.79. The number of primary amides is 1. The first-order valence-electron chi connectivity index (χ1n) is 5.41. The van der Waals surface area contributed by atoms with E-state index in [0.717, 1.165) is 4.31 Å². The lowest BCUT2D eigenvalue weighted by molar-refractivity contribution is -0.118. The lowest BCUT2D eigenvalue weighted by atomic mass is 10.4. The van der Waals surface area contributed by atoms with Crippen molar-refractivity contribution in [2.45, 2.75) is 24.8 Å². The van der Waals surface area contributed by atoms with Crippen LogP contribution in [0.2, 0.25) is 0 Å². The van der Waals surface area contributed by atoms with Gasteiger partial charge in [0.1, 0.15) is 0 Å². The van der Waals surface area contributed by atoms with Crippen molar-refractivity contribution in [1.82, 2.24) is 4.31 Å². The number of rotatable bonds is 5. The molecule has 1 rings (SSSR count). The predicted octanol–water partition coefficient (Wildman–Crippen LogP) is 2.10. The Morgan fingerprint density at radius 2 is 1.95 bits per heavy atom. The first kappa shape index (κ1) is 16.6. The van der Waals surface area contributed by atoms with E-state index in [4.69, 9.17) is 5.73 Å². The third-order valence-electron chi connectivity index (χ3n) is 2.37. The Hall–Kier alpha value is -0.440. The van der Waals surface area contributed by atoms with Crippen molar-refractivity contribution in [2.75, 3.05) is 6.54 Å². The first-order chi connectivity index (χ1) is 8.66. The van der Waals surface area contributed by atoms with Crippen LogP contribution in [0, 0.1) is 0 Å². The van der Waals surface area contributed by atoms with E-state index in [1.54, 1.807) is 26.0 Å². The Balaban J connectivity index is 3.34. The monoisotopic (exact) mass is 412 g/mol. The molecule has 0 aliphatic carbocycles. The highest BCUT2D eigenvalue weighted by Gasteiger charge is 2.30. The lowest BCUT2D eigenvalue weighted by Crippen LogP contribution is -2.42. The second-order valence-corrected chi connectivity index (χ2v) is 7.81. The third-order valence-corrected chi connectivity index (χ3v) is 5.88. The van der Waals surface area contributed by atoms with Gasteiger partial charge in [-0.15, -0.1) is 0 Å². The summed E-state index contributed by atoms with van der Waals surface area (Å²) in [4.78, 5) is 11.1. The summed E-state index contributed by atoms with van der Waals surface area (Å²) in [5.41, 5.74) is 5.11. The summed E-state index contributed by atoms with van der Waals surface area (Å²) in [5, 5.41) is 0. The standard InChI is InChI=1S/C11H14Br2N2O3S/c1-7(2)15(6-11(14)16)19(17,18)10-5-8(12)3-4-9(10)13/h3-5,7H,6H2,1-2H3,(H2,14,16). The maximum Gasteiger partial charge on any atom is 0.244 e. The molecule has 0 fully saturated rings. The van der Waals surface area contributed by atoms with Gasteiger partial charge in [-0.25, -0.2) is 8.42 Å². The number of nitrogens with two attached hydrogens (primary N) is 1. The zero-order valence-electron chi connectivity index (χ0n) is 10.4. The number of carbonyl (C=O) groups is 1. The van der Waals surface area contributed by atoms with Crippen molar-refractivity contribution in [3.63, 3.8) is 0 Å². The molecule has 106 valence electrons. The molecule has 1 amide bonds. The Morgan fingerprint density at radius 3 is 2.42 bits per heavy atom. The van der Waals surface area contributed by atoms with Crippen LogP contribution in [-0.2, 0) is 14.8 Å². The van der Waals surface area contributed by atoms with Gasteiger partial charge in [0.25, 0.3) is 0 Å².